The normalized spacial score (nSPS) is 11.7. The lowest BCUT2D eigenvalue weighted by Gasteiger charge is -2.25. The first-order valence-electron chi connectivity index (χ1n) is 6.90. The lowest BCUT2D eigenvalue weighted by atomic mass is 9.84. The minimum Gasteiger partial charge on any atom is -0.310 e. The Morgan fingerprint density at radius 2 is 1.89 bits per heavy atom. The van der Waals surface area contributed by atoms with Crippen LogP contribution in [0.25, 0.3) is 0 Å². The highest BCUT2D eigenvalue weighted by Gasteiger charge is 2.19. The highest BCUT2D eigenvalue weighted by molar-refractivity contribution is 5.23. The van der Waals surface area contributed by atoms with E-state index in [0.29, 0.717) is 0 Å². The van der Waals surface area contributed by atoms with Crippen molar-refractivity contribution in [2.75, 3.05) is 6.54 Å². The predicted molar refractivity (Wildman–Crippen MR) is 79.1 cm³/mol. The zero-order valence-corrected chi connectivity index (χ0v) is 12.1. The fourth-order valence-corrected chi connectivity index (χ4v) is 2.29. The van der Waals surface area contributed by atoms with Gasteiger partial charge in [-0.2, -0.15) is 5.10 Å². The van der Waals surface area contributed by atoms with Crippen molar-refractivity contribution >= 4 is 0 Å². The van der Waals surface area contributed by atoms with Crippen LogP contribution in [0, 0.1) is 0 Å². The van der Waals surface area contributed by atoms with Crippen molar-refractivity contribution in [3.05, 3.63) is 53.9 Å². The molecule has 1 aromatic heterocycles. The fourth-order valence-electron chi connectivity index (χ4n) is 2.29. The summed E-state index contributed by atoms with van der Waals surface area (Å²) in [6.07, 6.45) is 1.86. The molecule has 0 radical (unpaired) electrons. The van der Waals surface area contributed by atoms with Crippen LogP contribution >= 0.6 is 0 Å². The van der Waals surface area contributed by atoms with Crippen LogP contribution in [0.3, 0.4) is 0 Å². The van der Waals surface area contributed by atoms with Gasteiger partial charge in [-0.3, -0.25) is 4.68 Å². The molecular formula is C16H23N3. The molecule has 3 nitrogen and oxygen atoms in total. The third-order valence-electron chi connectivity index (χ3n) is 3.53. The Kier molecular flexibility index (Phi) is 4.38. The quantitative estimate of drug-likeness (QED) is 0.862. The van der Waals surface area contributed by atoms with Gasteiger partial charge in [-0.15, -0.1) is 0 Å². The minimum absolute atomic E-state index is 0.137. The smallest absolute Gasteiger partial charge is 0.0521 e. The van der Waals surface area contributed by atoms with Gasteiger partial charge >= 0.3 is 0 Å². The molecule has 0 aliphatic heterocycles. The maximum atomic E-state index is 4.28. The molecule has 1 N–H and O–H groups in total. The highest BCUT2D eigenvalue weighted by Crippen LogP contribution is 2.21. The number of hydrogen-bond donors (Lipinski definition) is 1. The van der Waals surface area contributed by atoms with Crippen molar-refractivity contribution in [3.63, 3.8) is 0 Å². The molecule has 0 saturated heterocycles. The first-order chi connectivity index (χ1) is 9.13. The van der Waals surface area contributed by atoms with Crippen molar-refractivity contribution in [2.24, 2.45) is 0 Å². The van der Waals surface area contributed by atoms with Crippen molar-refractivity contribution < 1.29 is 0 Å². The third-order valence-corrected chi connectivity index (χ3v) is 3.53. The summed E-state index contributed by atoms with van der Waals surface area (Å²) < 4.78 is 2.03. The summed E-state index contributed by atoms with van der Waals surface area (Å²) in [5, 5.41) is 7.83. The van der Waals surface area contributed by atoms with E-state index in [9.17, 15) is 0 Å². The van der Waals surface area contributed by atoms with Gasteiger partial charge in [0.1, 0.15) is 0 Å². The first kappa shape index (κ1) is 13.8. The zero-order chi connectivity index (χ0) is 13.7. The SMILES string of the molecule is CCn1nccc1CNCC(C)(C)c1ccccc1. The van der Waals surface area contributed by atoms with Crippen LogP contribution in [0.5, 0.6) is 0 Å². The molecule has 0 fully saturated rings. The summed E-state index contributed by atoms with van der Waals surface area (Å²) >= 11 is 0. The molecular weight excluding hydrogens is 234 g/mol. The lowest BCUT2D eigenvalue weighted by Crippen LogP contribution is -2.33. The topological polar surface area (TPSA) is 29.9 Å². The molecule has 1 heterocycles. The van der Waals surface area contributed by atoms with Crippen molar-refractivity contribution in [1.29, 1.82) is 0 Å². The van der Waals surface area contributed by atoms with Crippen molar-refractivity contribution in [2.45, 2.75) is 39.3 Å². The first-order valence-corrected chi connectivity index (χ1v) is 6.90. The van der Waals surface area contributed by atoms with Gasteiger partial charge in [-0.25, -0.2) is 0 Å². The van der Waals surface area contributed by atoms with Gasteiger partial charge in [0, 0.05) is 31.2 Å². The van der Waals surface area contributed by atoms with E-state index >= 15 is 0 Å². The number of nitrogens with one attached hydrogen (secondary N) is 1. The Labute approximate surface area is 115 Å². The number of aromatic nitrogens is 2. The van der Waals surface area contributed by atoms with Crippen molar-refractivity contribution in [3.8, 4) is 0 Å². The van der Waals surface area contributed by atoms with Crippen LogP contribution in [-0.4, -0.2) is 16.3 Å². The predicted octanol–water partition coefficient (Wildman–Crippen LogP) is 2.97. The minimum atomic E-state index is 0.137. The van der Waals surface area contributed by atoms with Crippen LogP contribution in [0.15, 0.2) is 42.6 Å². The van der Waals surface area contributed by atoms with Crippen LogP contribution in [0.1, 0.15) is 32.0 Å². The molecule has 0 bridgehead atoms. The van der Waals surface area contributed by atoms with E-state index in [-0.39, 0.29) is 5.41 Å². The van der Waals surface area contributed by atoms with Crippen LogP contribution in [0.4, 0.5) is 0 Å². The molecule has 2 aromatic rings. The van der Waals surface area contributed by atoms with E-state index in [1.807, 2.05) is 10.9 Å². The Bertz CT molecular complexity index is 500. The third kappa shape index (κ3) is 3.44. The average molecular weight is 257 g/mol. The molecule has 0 aliphatic carbocycles. The summed E-state index contributed by atoms with van der Waals surface area (Å²) in [6.45, 7) is 9.39. The van der Waals surface area contributed by atoms with E-state index in [2.05, 4.69) is 67.6 Å². The Morgan fingerprint density at radius 3 is 2.58 bits per heavy atom. The summed E-state index contributed by atoms with van der Waals surface area (Å²) in [4.78, 5) is 0. The van der Waals surface area contributed by atoms with Gasteiger partial charge in [0.15, 0.2) is 0 Å². The second-order valence-corrected chi connectivity index (χ2v) is 5.49. The molecule has 0 aliphatic rings. The van der Waals surface area contributed by atoms with Gasteiger partial charge in [0.05, 0.1) is 5.69 Å². The van der Waals surface area contributed by atoms with Crippen LogP contribution in [-0.2, 0) is 18.5 Å². The number of aryl methyl sites for hydroxylation is 1. The number of rotatable bonds is 6. The fraction of sp³-hybridized carbons (Fsp3) is 0.438. The molecule has 0 spiro atoms. The van der Waals surface area contributed by atoms with Crippen molar-refractivity contribution in [1.82, 2.24) is 15.1 Å². The van der Waals surface area contributed by atoms with E-state index < -0.39 is 0 Å². The number of benzene rings is 1. The molecule has 0 unspecified atom stereocenters. The Balaban J connectivity index is 1.92. The van der Waals surface area contributed by atoms with Crippen LogP contribution < -0.4 is 5.32 Å². The zero-order valence-electron chi connectivity index (χ0n) is 12.1. The largest absolute Gasteiger partial charge is 0.310 e. The van der Waals surface area contributed by atoms with Gasteiger partial charge < -0.3 is 5.32 Å². The molecule has 2 rings (SSSR count). The molecule has 0 amide bonds. The Hall–Kier alpha value is -1.61. The summed E-state index contributed by atoms with van der Waals surface area (Å²) in [5.74, 6) is 0. The number of hydrogen-bond acceptors (Lipinski definition) is 2. The molecule has 3 heteroatoms. The molecule has 0 atom stereocenters. The van der Waals surface area contributed by atoms with Gasteiger partial charge in [0.25, 0.3) is 0 Å². The standard InChI is InChI=1S/C16H23N3/c1-4-19-15(10-11-18-19)12-17-13-16(2,3)14-8-6-5-7-9-14/h5-11,17H,4,12-13H2,1-3H3. The van der Waals surface area contributed by atoms with E-state index in [1.54, 1.807) is 0 Å². The van der Waals surface area contributed by atoms with E-state index in [1.165, 1.54) is 11.3 Å². The molecule has 0 saturated carbocycles. The van der Waals surface area contributed by atoms with Gasteiger partial charge in [-0.1, -0.05) is 44.2 Å². The molecule has 19 heavy (non-hydrogen) atoms. The summed E-state index contributed by atoms with van der Waals surface area (Å²) in [7, 11) is 0. The Morgan fingerprint density at radius 1 is 1.16 bits per heavy atom. The van der Waals surface area contributed by atoms with Gasteiger partial charge in [-0.05, 0) is 18.6 Å². The maximum absolute atomic E-state index is 4.28. The lowest BCUT2D eigenvalue weighted by molar-refractivity contribution is 0.459. The van der Waals surface area contributed by atoms with E-state index in [4.69, 9.17) is 0 Å². The second kappa shape index (κ2) is 6.02. The monoisotopic (exact) mass is 257 g/mol. The highest BCUT2D eigenvalue weighted by atomic mass is 15.3. The summed E-state index contributed by atoms with van der Waals surface area (Å²) in [5.41, 5.74) is 2.75. The number of nitrogens with zero attached hydrogens (tertiary/aromatic N) is 2. The second-order valence-electron chi connectivity index (χ2n) is 5.49. The molecule has 1 aromatic carbocycles. The summed E-state index contributed by atoms with van der Waals surface area (Å²) in [6, 6.07) is 12.7. The molecule has 102 valence electrons. The van der Waals surface area contributed by atoms with E-state index in [0.717, 1.165) is 19.6 Å². The maximum Gasteiger partial charge on any atom is 0.0521 e. The average Bonchev–Trinajstić information content (AvgIpc) is 2.87. The van der Waals surface area contributed by atoms with Gasteiger partial charge in [0.2, 0.25) is 0 Å². The van der Waals surface area contributed by atoms with Crippen LogP contribution in [0.2, 0.25) is 0 Å².